The van der Waals surface area contributed by atoms with Crippen molar-refractivity contribution in [3.05, 3.63) is 52.6 Å². The molecule has 1 aliphatic heterocycles. The third kappa shape index (κ3) is 4.87. The van der Waals surface area contributed by atoms with Crippen molar-refractivity contribution in [2.24, 2.45) is 15.3 Å². The van der Waals surface area contributed by atoms with Crippen molar-refractivity contribution >= 4 is 59.7 Å². The number of hydrogen-bond acceptors (Lipinski definition) is 12. The fraction of sp³-hybridized carbons (Fsp3) is 0.100. The molecule has 4 rings (SSSR count). The minimum absolute atomic E-state index is 0.0771. The maximum absolute atomic E-state index is 13.0. The van der Waals surface area contributed by atoms with E-state index in [1.54, 1.807) is 0 Å². The molecule has 1 unspecified atom stereocenters. The van der Waals surface area contributed by atoms with E-state index in [1.165, 1.54) is 25.1 Å². The second kappa shape index (κ2) is 9.10. The number of phenolic OH excluding ortho intramolecular Hbond substituents is 2. The van der Waals surface area contributed by atoms with Crippen LogP contribution in [0.5, 0.6) is 11.5 Å². The standard InChI is InChI=1S/C20H15N5O11S2/c1-9-18(22-21-15-6-13(38(34,35)36)7-16(19(15)27)25(29)30)20(28)24(23-9)11-2-3-14-10(4-11)5-12(8-17(14)26)37(31,32)33/h2-8,18,26-27H,1H3,(H,31,32,33)(H,34,35,36). The van der Waals surface area contributed by atoms with Crippen LogP contribution in [0.2, 0.25) is 0 Å². The molecule has 18 heteroatoms. The summed E-state index contributed by atoms with van der Waals surface area (Å²) in [5.74, 6) is -2.30. The van der Waals surface area contributed by atoms with Gasteiger partial charge in [0.05, 0.1) is 21.2 Å². The summed E-state index contributed by atoms with van der Waals surface area (Å²) in [6, 6.07) is 5.62. The fourth-order valence-corrected chi connectivity index (χ4v) is 4.59. The molecule has 0 fully saturated rings. The summed E-state index contributed by atoms with van der Waals surface area (Å²) in [6.07, 6.45) is 0. The quantitative estimate of drug-likeness (QED) is 0.146. The van der Waals surface area contributed by atoms with Crippen molar-refractivity contribution in [2.75, 3.05) is 5.01 Å². The molecule has 1 amide bonds. The lowest BCUT2D eigenvalue weighted by molar-refractivity contribution is -0.386. The Morgan fingerprint density at radius 2 is 1.63 bits per heavy atom. The van der Waals surface area contributed by atoms with Gasteiger partial charge in [-0.25, -0.2) is 0 Å². The number of rotatable bonds is 6. The van der Waals surface area contributed by atoms with Crippen molar-refractivity contribution in [2.45, 2.75) is 22.8 Å². The van der Waals surface area contributed by atoms with Crippen LogP contribution in [0.1, 0.15) is 6.92 Å². The van der Waals surface area contributed by atoms with Crippen molar-refractivity contribution in [3.63, 3.8) is 0 Å². The lowest BCUT2D eigenvalue weighted by Gasteiger charge is -2.14. The normalized spacial score (nSPS) is 16.4. The zero-order chi connectivity index (χ0) is 28.2. The van der Waals surface area contributed by atoms with Gasteiger partial charge in [0.1, 0.15) is 16.3 Å². The minimum Gasteiger partial charge on any atom is -0.507 e. The number of azo groups is 1. The summed E-state index contributed by atoms with van der Waals surface area (Å²) >= 11 is 0. The topological polar surface area (TPSA) is 250 Å². The predicted molar refractivity (Wildman–Crippen MR) is 129 cm³/mol. The van der Waals surface area contributed by atoms with Gasteiger partial charge in [0.25, 0.3) is 26.1 Å². The Kier molecular flexibility index (Phi) is 6.35. The second-order valence-electron chi connectivity index (χ2n) is 7.87. The SMILES string of the molecule is CC1=NN(c2ccc3c(O)cc(S(=O)(=O)O)cc3c2)C(=O)C1N=Nc1cc(S(=O)(=O)O)cc([N+](=O)[O-])c1O. The summed E-state index contributed by atoms with van der Waals surface area (Å²) in [5.41, 5.74) is -1.61. The number of benzene rings is 3. The van der Waals surface area contributed by atoms with Gasteiger partial charge in [-0.2, -0.15) is 37.2 Å². The molecular weight excluding hydrogens is 550 g/mol. The predicted octanol–water partition coefficient (Wildman–Crippen LogP) is 2.53. The largest absolute Gasteiger partial charge is 0.507 e. The smallest absolute Gasteiger partial charge is 0.314 e. The average Bonchev–Trinajstić information content (AvgIpc) is 3.09. The molecule has 3 aromatic carbocycles. The zero-order valence-corrected chi connectivity index (χ0v) is 20.5. The second-order valence-corrected chi connectivity index (χ2v) is 10.7. The van der Waals surface area contributed by atoms with E-state index in [4.69, 9.17) is 0 Å². The number of carbonyl (C=O) groups excluding carboxylic acids is 1. The molecule has 0 aliphatic carbocycles. The molecule has 38 heavy (non-hydrogen) atoms. The molecule has 4 N–H and O–H groups in total. The molecule has 198 valence electrons. The van der Waals surface area contributed by atoms with Crippen molar-refractivity contribution < 1.29 is 45.9 Å². The van der Waals surface area contributed by atoms with Crippen LogP contribution < -0.4 is 5.01 Å². The van der Waals surface area contributed by atoms with Gasteiger partial charge in [0, 0.05) is 17.5 Å². The van der Waals surface area contributed by atoms with Crippen molar-refractivity contribution in [3.8, 4) is 11.5 Å². The molecular formula is C20H15N5O11S2. The van der Waals surface area contributed by atoms with E-state index in [0.717, 1.165) is 17.1 Å². The van der Waals surface area contributed by atoms with E-state index < -0.39 is 69.8 Å². The summed E-state index contributed by atoms with van der Waals surface area (Å²) in [6.45, 7) is 1.39. The summed E-state index contributed by atoms with van der Waals surface area (Å²) in [4.78, 5) is 21.5. The summed E-state index contributed by atoms with van der Waals surface area (Å²) in [5, 5.41) is 44.0. The Bertz CT molecular complexity index is 1820. The zero-order valence-electron chi connectivity index (χ0n) is 18.8. The summed E-state index contributed by atoms with van der Waals surface area (Å²) in [7, 11) is -9.57. The van der Waals surface area contributed by atoms with Gasteiger partial charge in [-0.15, -0.1) is 0 Å². The third-order valence-corrected chi connectivity index (χ3v) is 7.01. The van der Waals surface area contributed by atoms with E-state index in [0.29, 0.717) is 12.1 Å². The molecule has 16 nitrogen and oxygen atoms in total. The summed E-state index contributed by atoms with van der Waals surface area (Å²) < 4.78 is 64.4. The Balaban J connectivity index is 1.71. The first-order chi connectivity index (χ1) is 17.6. The number of aromatic hydroxyl groups is 2. The molecule has 1 aliphatic rings. The number of hydrogen-bond donors (Lipinski definition) is 4. The lowest BCUT2D eigenvalue weighted by Crippen LogP contribution is -2.29. The number of carbonyl (C=O) groups is 1. The third-order valence-electron chi connectivity index (χ3n) is 5.35. The minimum atomic E-state index is -4.92. The number of nitro benzene ring substituents is 1. The number of hydrazone groups is 1. The maximum atomic E-state index is 13.0. The van der Waals surface area contributed by atoms with Crippen molar-refractivity contribution in [1.82, 2.24) is 0 Å². The van der Waals surface area contributed by atoms with E-state index in [1.807, 2.05) is 0 Å². The first kappa shape index (κ1) is 26.5. The average molecular weight is 565 g/mol. The Hall–Kier alpha value is -4.52. The maximum Gasteiger partial charge on any atom is 0.314 e. The van der Waals surface area contributed by atoms with Crippen LogP contribution in [0.15, 0.2) is 67.6 Å². The number of amides is 1. The molecule has 0 spiro atoms. The number of nitro groups is 1. The molecule has 3 aromatic rings. The van der Waals surface area contributed by atoms with Crippen LogP contribution in [-0.2, 0) is 25.0 Å². The van der Waals surface area contributed by atoms with Gasteiger partial charge in [-0.1, -0.05) is 0 Å². The first-order valence-corrected chi connectivity index (χ1v) is 13.0. The van der Waals surface area contributed by atoms with E-state index in [-0.39, 0.29) is 22.2 Å². The molecule has 0 radical (unpaired) electrons. The first-order valence-electron chi connectivity index (χ1n) is 10.1. The molecule has 1 heterocycles. The van der Waals surface area contributed by atoms with Crippen LogP contribution in [0.25, 0.3) is 10.8 Å². The van der Waals surface area contributed by atoms with Crippen molar-refractivity contribution in [1.29, 1.82) is 0 Å². The number of phenols is 2. The van der Waals surface area contributed by atoms with Gasteiger partial charge < -0.3 is 10.2 Å². The van der Waals surface area contributed by atoms with E-state index >= 15 is 0 Å². The highest BCUT2D eigenvalue weighted by Crippen LogP contribution is 2.39. The van der Waals surface area contributed by atoms with E-state index in [2.05, 4.69) is 15.3 Å². The van der Waals surface area contributed by atoms with E-state index in [9.17, 15) is 51.1 Å². The van der Waals surface area contributed by atoms with Crippen LogP contribution in [0, 0.1) is 10.1 Å². The lowest BCUT2D eigenvalue weighted by atomic mass is 10.1. The highest BCUT2D eigenvalue weighted by atomic mass is 32.2. The molecule has 0 bridgehead atoms. The number of anilines is 1. The molecule has 0 saturated carbocycles. The van der Waals surface area contributed by atoms with Crippen LogP contribution in [0.3, 0.4) is 0 Å². The van der Waals surface area contributed by atoms with Gasteiger partial charge in [-0.05, 0) is 42.6 Å². The van der Waals surface area contributed by atoms with Crippen LogP contribution in [0.4, 0.5) is 17.1 Å². The highest BCUT2D eigenvalue weighted by Gasteiger charge is 2.35. The Morgan fingerprint density at radius 1 is 1.00 bits per heavy atom. The van der Waals surface area contributed by atoms with Gasteiger partial charge in [0.15, 0.2) is 6.04 Å². The Morgan fingerprint density at radius 3 is 2.24 bits per heavy atom. The highest BCUT2D eigenvalue weighted by molar-refractivity contribution is 7.86. The monoisotopic (exact) mass is 565 g/mol. The number of fused-ring (bicyclic) bond motifs is 1. The van der Waals surface area contributed by atoms with Gasteiger partial charge in [0.2, 0.25) is 5.75 Å². The number of nitrogens with zero attached hydrogens (tertiary/aromatic N) is 5. The Labute approximate surface area is 212 Å². The van der Waals surface area contributed by atoms with Gasteiger partial charge >= 0.3 is 5.69 Å². The fourth-order valence-electron chi connectivity index (χ4n) is 3.53. The molecule has 1 atom stereocenters. The molecule has 0 aromatic heterocycles. The van der Waals surface area contributed by atoms with Crippen LogP contribution >= 0.6 is 0 Å². The molecule has 0 saturated heterocycles. The van der Waals surface area contributed by atoms with Gasteiger partial charge in [-0.3, -0.25) is 24.0 Å². The van der Waals surface area contributed by atoms with Crippen LogP contribution in [-0.4, -0.2) is 58.7 Å².